The summed E-state index contributed by atoms with van der Waals surface area (Å²) in [5, 5.41) is 45.6. The number of rotatable bonds is 1. The number of halogens is 1. The molecule has 5 N–H and O–H groups in total. The van der Waals surface area contributed by atoms with Gasteiger partial charge in [-0.15, -0.1) is 0 Å². The number of hydrogen-bond donors (Lipinski definition) is 5. The normalized spacial score (nSPS) is 52.2. The highest BCUT2D eigenvalue weighted by Gasteiger charge is 2.51. The van der Waals surface area contributed by atoms with Crippen molar-refractivity contribution in [1.82, 2.24) is 0 Å². The van der Waals surface area contributed by atoms with Crippen LogP contribution >= 0.6 is 15.9 Å². The lowest BCUT2D eigenvalue weighted by Gasteiger charge is -2.42. The summed E-state index contributed by atoms with van der Waals surface area (Å²) in [4.78, 5) is 0. The first-order valence-electron chi connectivity index (χ1n) is 3.64. The Labute approximate surface area is 82.5 Å². The van der Waals surface area contributed by atoms with E-state index in [9.17, 15) is 20.4 Å². The smallest absolute Gasteiger partial charge is 0.254 e. The Balaban J connectivity index is 2.79. The average molecular weight is 259 g/mol. The summed E-state index contributed by atoms with van der Waals surface area (Å²) < 4.78 is 2.54. The fraction of sp³-hybridized carbons (Fsp3) is 1.00. The number of alkyl halides is 1. The molecule has 0 aromatic heterocycles. The van der Waals surface area contributed by atoms with Crippen LogP contribution in [0.2, 0.25) is 0 Å². The van der Waals surface area contributed by atoms with Crippen molar-refractivity contribution in [1.29, 1.82) is 0 Å². The van der Waals surface area contributed by atoms with Gasteiger partial charge >= 0.3 is 0 Å². The van der Waals surface area contributed by atoms with Gasteiger partial charge in [-0.2, -0.15) is 0 Å². The van der Waals surface area contributed by atoms with E-state index in [2.05, 4.69) is 20.7 Å². The van der Waals surface area contributed by atoms with Crippen LogP contribution in [0, 0.1) is 0 Å². The maximum absolute atomic E-state index is 9.29. The third-order valence-corrected chi connectivity index (χ3v) is 2.57. The molecule has 0 saturated carbocycles. The maximum Gasteiger partial charge on any atom is 0.254 e. The minimum Gasteiger partial charge on any atom is -0.394 e. The number of hydrogen-bond acceptors (Lipinski definition) is 6. The molecule has 0 unspecified atom stereocenters. The van der Waals surface area contributed by atoms with E-state index in [1.54, 1.807) is 0 Å². The van der Waals surface area contributed by atoms with Crippen LogP contribution in [-0.2, 0) is 4.74 Å². The molecule has 0 aliphatic carbocycles. The second-order valence-electron chi connectivity index (χ2n) is 2.87. The Hall–Kier alpha value is 0.240. The zero-order valence-electron chi connectivity index (χ0n) is 6.54. The molecular weight excluding hydrogens is 248 g/mol. The van der Waals surface area contributed by atoms with Crippen LogP contribution in [0.4, 0.5) is 0 Å². The second kappa shape index (κ2) is 3.77. The molecule has 1 aliphatic heterocycles. The topological polar surface area (TPSA) is 110 Å². The monoisotopic (exact) mass is 258 g/mol. The Bertz CT molecular complexity index is 184. The lowest BCUT2D eigenvalue weighted by atomic mass is 9.99. The molecule has 5 atom stereocenters. The van der Waals surface area contributed by atoms with Gasteiger partial charge in [0, 0.05) is 0 Å². The molecule has 0 amide bonds. The van der Waals surface area contributed by atoms with E-state index in [4.69, 9.17) is 5.11 Å². The molecule has 13 heavy (non-hydrogen) atoms. The summed E-state index contributed by atoms with van der Waals surface area (Å²) in [6, 6.07) is 0. The van der Waals surface area contributed by atoms with Crippen LogP contribution in [0.5, 0.6) is 0 Å². The summed E-state index contributed by atoms with van der Waals surface area (Å²) in [5.41, 5.74) is 0. The van der Waals surface area contributed by atoms with Crippen molar-refractivity contribution in [2.75, 3.05) is 6.61 Å². The molecule has 6 nitrogen and oxygen atoms in total. The van der Waals surface area contributed by atoms with Gasteiger partial charge in [-0.3, -0.25) is 0 Å². The van der Waals surface area contributed by atoms with Gasteiger partial charge in [-0.05, 0) is 15.9 Å². The predicted octanol–water partition coefficient (Wildman–Crippen LogP) is -2.50. The summed E-state index contributed by atoms with van der Waals surface area (Å²) >= 11 is 2.61. The number of aliphatic hydroxyl groups excluding tert-OH is 4. The van der Waals surface area contributed by atoms with Gasteiger partial charge in [0.25, 0.3) is 4.70 Å². The van der Waals surface area contributed by atoms with Crippen molar-refractivity contribution in [3.05, 3.63) is 0 Å². The highest BCUT2D eigenvalue weighted by molar-refractivity contribution is 9.10. The quantitative estimate of drug-likeness (QED) is 0.333. The van der Waals surface area contributed by atoms with Crippen molar-refractivity contribution < 1.29 is 30.3 Å². The molecule has 0 spiro atoms. The zero-order chi connectivity index (χ0) is 10.2. The zero-order valence-corrected chi connectivity index (χ0v) is 8.12. The van der Waals surface area contributed by atoms with Crippen LogP contribution in [0.3, 0.4) is 0 Å². The highest BCUT2D eigenvalue weighted by atomic mass is 79.9. The fourth-order valence-electron chi connectivity index (χ4n) is 1.11. The van der Waals surface area contributed by atoms with Crippen molar-refractivity contribution in [3.63, 3.8) is 0 Å². The molecule has 0 radical (unpaired) electrons. The van der Waals surface area contributed by atoms with Gasteiger partial charge in [0.15, 0.2) is 0 Å². The van der Waals surface area contributed by atoms with Crippen LogP contribution in [0.15, 0.2) is 0 Å². The number of ether oxygens (including phenoxy) is 1. The lowest BCUT2D eigenvalue weighted by molar-refractivity contribution is -0.301. The summed E-state index contributed by atoms with van der Waals surface area (Å²) in [6.07, 6.45) is -5.82. The fourth-order valence-corrected chi connectivity index (χ4v) is 1.63. The van der Waals surface area contributed by atoms with Crippen molar-refractivity contribution >= 4 is 15.9 Å². The largest absolute Gasteiger partial charge is 0.394 e. The molecule has 7 heteroatoms. The number of aliphatic hydroxyl groups is 5. The Kier molecular flexibility index (Phi) is 3.29. The van der Waals surface area contributed by atoms with Gasteiger partial charge in [0.05, 0.1) is 6.61 Å². The molecule has 1 aliphatic rings. The standard InChI is InChI=1S/C6H11BrO6/c7-6(12)5(11)4(10)3(9)2(1-8)13-6/h2-5,8-12H,1H2/t2-,3+,4+,5-,6-/m1/s1. The Morgan fingerprint density at radius 1 is 1.23 bits per heavy atom. The lowest BCUT2D eigenvalue weighted by Crippen LogP contribution is -2.62. The molecule has 1 rings (SSSR count). The van der Waals surface area contributed by atoms with E-state index in [1.807, 2.05) is 0 Å². The van der Waals surface area contributed by atoms with Gasteiger partial charge in [-0.1, -0.05) is 0 Å². The van der Waals surface area contributed by atoms with E-state index in [0.29, 0.717) is 0 Å². The first-order chi connectivity index (χ1) is 5.90. The van der Waals surface area contributed by atoms with E-state index in [-0.39, 0.29) is 0 Å². The SMILES string of the molecule is OC[C@H]1O[C@@](O)(Br)[C@H](O)[C@@H](O)[C@H]1O. The Morgan fingerprint density at radius 2 is 1.77 bits per heavy atom. The maximum atomic E-state index is 9.29. The van der Waals surface area contributed by atoms with Crippen LogP contribution < -0.4 is 0 Å². The first-order valence-corrected chi connectivity index (χ1v) is 4.43. The van der Waals surface area contributed by atoms with Gasteiger partial charge in [0.2, 0.25) is 0 Å². The van der Waals surface area contributed by atoms with E-state index in [1.165, 1.54) is 0 Å². The van der Waals surface area contributed by atoms with E-state index >= 15 is 0 Å². The van der Waals surface area contributed by atoms with Gasteiger partial charge in [0.1, 0.15) is 24.4 Å². The molecule has 1 fully saturated rings. The minimum absolute atomic E-state index is 0.571. The molecule has 1 heterocycles. The molecule has 1 saturated heterocycles. The van der Waals surface area contributed by atoms with E-state index in [0.717, 1.165) is 0 Å². The molecule has 0 aromatic rings. The van der Waals surface area contributed by atoms with Crippen LogP contribution in [0.1, 0.15) is 0 Å². The summed E-state index contributed by atoms with van der Waals surface area (Å²) in [6.45, 7) is -0.571. The molecule has 78 valence electrons. The predicted molar refractivity (Wildman–Crippen MR) is 43.9 cm³/mol. The molecule has 0 bridgehead atoms. The highest BCUT2D eigenvalue weighted by Crippen LogP contribution is 2.32. The van der Waals surface area contributed by atoms with Gasteiger partial charge in [-0.25, -0.2) is 0 Å². The third kappa shape index (κ3) is 2.01. The average Bonchev–Trinajstić information content (AvgIpc) is 2.08. The summed E-state index contributed by atoms with van der Waals surface area (Å²) in [7, 11) is 0. The minimum atomic E-state index is -2.14. The van der Waals surface area contributed by atoms with Crippen molar-refractivity contribution in [3.8, 4) is 0 Å². The second-order valence-corrected chi connectivity index (χ2v) is 4.01. The third-order valence-electron chi connectivity index (χ3n) is 1.92. The first kappa shape index (κ1) is 11.3. The summed E-state index contributed by atoms with van der Waals surface area (Å²) in [5.74, 6) is 0. The van der Waals surface area contributed by atoms with Gasteiger partial charge < -0.3 is 30.3 Å². The van der Waals surface area contributed by atoms with Crippen molar-refractivity contribution in [2.24, 2.45) is 0 Å². The molecular formula is C6H11BrO6. The Morgan fingerprint density at radius 3 is 2.23 bits per heavy atom. The van der Waals surface area contributed by atoms with Crippen LogP contribution in [-0.4, -0.2) is 61.3 Å². The molecule has 0 aromatic carbocycles. The van der Waals surface area contributed by atoms with E-state index < -0.39 is 35.7 Å². The van der Waals surface area contributed by atoms with Crippen LogP contribution in [0.25, 0.3) is 0 Å². The van der Waals surface area contributed by atoms with Crippen molar-refractivity contribution in [2.45, 2.75) is 29.1 Å².